The van der Waals surface area contributed by atoms with Crippen LogP contribution in [0.25, 0.3) is 0 Å². The van der Waals surface area contributed by atoms with Crippen LogP contribution >= 0.6 is 11.8 Å². The van der Waals surface area contributed by atoms with Crippen LogP contribution in [0.1, 0.15) is 20.3 Å². The first kappa shape index (κ1) is 14.7. The molecule has 0 spiro atoms. The summed E-state index contributed by atoms with van der Waals surface area (Å²) >= 11 is 1.65. The molecule has 0 saturated carbocycles. The van der Waals surface area contributed by atoms with Crippen LogP contribution < -0.4 is 5.73 Å². The Labute approximate surface area is 95.9 Å². The van der Waals surface area contributed by atoms with Gasteiger partial charge in [-0.2, -0.15) is 11.8 Å². The first-order valence-electron chi connectivity index (χ1n) is 5.07. The van der Waals surface area contributed by atoms with Crippen molar-refractivity contribution in [2.45, 2.75) is 25.8 Å². The lowest BCUT2D eigenvalue weighted by atomic mass is 10.1. The molecule has 0 aromatic rings. The van der Waals surface area contributed by atoms with Gasteiger partial charge in [-0.15, -0.1) is 0 Å². The molecule has 0 bridgehead atoms. The molecule has 1 atom stereocenters. The van der Waals surface area contributed by atoms with Crippen molar-refractivity contribution < 1.29 is 14.3 Å². The van der Waals surface area contributed by atoms with E-state index in [1.54, 1.807) is 32.7 Å². The molecular weight excluding hydrogens is 214 g/mol. The Bertz CT molecular complexity index is 186. The third kappa shape index (κ3) is 6.76. The second-order valence-corrected chi connectivity index (χ2v) is 4.64. The summed E-state index contributed by atoms with van der Waals surface area (Å²) in [6.45, 7) is 4.60. The summed E-state index contributed by atoms with van der Waals surface area (Å²) in [5.41, 5.74) is 4.95. The molecule has 1 unspecified atom stereocenters. The smallest absolute Gasteiger partial charge is 0.326 e. The molecule has 2 N–H and O–H groups in total. The minimum absolute atomic E-state index is 0.329. The van der Waals surface area contributed by atoms with Crippen molar-refractivity contribution in [2.75, 3.05) is 31.8 Å². The number of carbonyl (C=O) groups excluding carboxylic acids is 1. The predicted molar refractivity (Wildman–Crippen MR) is 63.0 cm³/mol. The maximum Gasteiger partial charge on any atom is 0.326 e. The third-order valence-corrected chi connectivity index (χ3v) is 3.16. The highest BCUT2D eigenvalue weighted by Gasteiger charge is 2.29. The standard InChI is InChI=1S/C10H21NO3S/c1-4-14-9(12)10(2,11)8-15-7-5-6-13-3/h4-8,11H2,1-3H3. The van der Waals surface area contributed by atoms with Crippen LogP contribution in [0.4, 0.5) is 0 Å². The topological polar surface area (TPSA) is 61.5 Å². The molecule has 0 saturated heterocycles. The molecule has 0 fully saturated rings. The third-order valence-electron chi connectivity index (χ3n) is 1.78. The molecule has 90 valence electrons. The van der Waals surface area contributed by atoms with Gasteiger partial charge in [0.2, 0.25) is 0 Å². The van der Waals surface area contributed by atoms with Crippen molar-refractivity contribution in [3.05, 3.63) is 0 Å². The molecule has 15 heavy (non-hydrogen) atoms. The molecule has 5 heteroatoms. The van der Waals surface area contributed by atoms with Crippen molar-refractivity contribution in [1.29, 1.82) is 0 Å². The first-order chi connectivity index (χ1) is 7.04. The zero-order valence-electron chi connectivity index (χ0n) is 9.75. The lowest BCUT2D eigenvalue weighted by Crippen LogP contribution is -2.48. The van der Waals surface area contributed by atoms with E-state index in [0.717, 1.165) is 18.8 Å². The summed E-state index contributed by atoms with van der Waals surface area (Å²) in [7, 11) is 1.68. The van der Waals surface area contributed by atoms with E-state index in [1.807, 2.05) is 0 Å². The van der Waals surface area contributed by atoms with Crippen molar-refractivity contribution in [3.63, 3.8) is 0 Å². The average molecular weight is 235 g/mol. The van der Waals surface area contributed by atoms with Gasteiger partial charge >= 0.3 is 5.97 Å². The SMILES string of the molecule is CCOC(=O)C(C)(N)CSCCCOC. The Morgan fingerprint density at radius 3 is 2.73 bits per heavy atom. The van der Waals surface area contributed by atoms with E-state index >= 15 is 0 Å². The Morgan fingerprint density at radius 2 is 2.20 bits per heavy atom. The van der Waals surface area contributed by atoms with E-state index in [-0.39, 0.29) is 5.97 Å². The Morgan fingerprint density at radius 1 is 1.53 bits per heavy atom. The molecule has 0 aliphatic heterocycles. The van der Waals surface area contributed by atoms with Crippen LogP contribution in [0.3, 0.4) is 0 Å². The maximum atomic E-state index is 11.4. The molecule has 0 radical (unpaired) electrons. The van der Waals surface area contributed by atoms with Crippen LogP contribution in [0.2, 0.25) is 0 Å². The van der Waals surface area contributed by atoms with Gasteiger partial charge in [0, 0.05) is 19.5 Å². The average Bonchev–Trinajstić information content (AvgIpc) is 2.18. The highest BCUT2D eigenvalue weighted by molar-refractivity contribution is 7.99. The second-order valence-electron chi connectivity index (χ2n) is 3.54. The molecule has 0 amide bonds. The number of hydrogen-bond donors (Lipinski definition) is 1. The molecule has 0 aromatic carbocycles. The van der Waals surface area contributed by atoms with Gasteiger partial charge in [0.05, 0.1) is 6.61 Å². The fraction of sp³-hybridized carbons (Fsp3) is 0.900. The summed E-state index contributed by atoms with van der Waals surface area (Å²) < 4.78 is 9.81. The fourth-order valence-electron chi connectivity index (χ4n) is 0.944. The van der Waals surface area contributed by atoms with Gasteiger partial charge in [-0.25, -0.2) is 0 Å². The molecule has 4 nitrogen and oxygen atoms in total. The number of thioether (sulfide) groups is 1. The van der Waals surface area contributed by atoms with Gasteiger partial charge < -0.3 is 15.2 Å². The summed E-state index contributed by atoms with van der Waals surface area (Å²) in [5, 5.41) is 0. The lowest BCUT2D eigenvalue weighted by molar-refractivity contribution is -0.148. The quantitative estimate of drug-likeness (QED) is 0.503. The van der Waals surface area contributed by atoms with E-state index in [0.29, 0.717) is 12.4 Å². The number of hydrogen-bond acceptors (Lipinski definition) is 5. The van der Waals surface area contributed by atoms with Crippen molar-refractivity contribution in [2.24, 2.45) is 5.73 Å². The monoisotopic (exact) mass is 235 g/mol. The van der Waals surface area contributed by atoms with E-state index in [1.165, 1.54) is 0 Å². The van der Waals surface area contributed by atoms with Crippen LogP contribution in [0.15, 0.2) is 0 Å². The molecule has 0 aliphatic carbocycles. The van der Waals surface area contributed by atoms with E-state index < -0.39 is 5.54 Å². The number of esters is 1. The molecule has 0 aliphatic rings. The number of ether oxygens (including phenoxy) is 2. The maximum absolute atomic E-state index is 11.4. The minimum Gasteiger partial charge on any atom is -0.465 e. The summed E-state index contributed by atoms with van der Waals surface area (Å²) in [5.74, 6) is 1.19. The first-order valence-corrected chi connectivity index (χ1v) is 6.23. The Balaban J connectivity index is 3.68. The van der Waals surface area contributed by atoms with Crippen LogP contribution in [-0.2, 0) is 14.3 Å². The van der Waals surface area contributed by atoms with Crippen LogP contribution in [0, 0.1) is 0 Å². The van der Waals surface area contributed by atoms with Crippen molar-refractivity contribution >= 4 is 17.7 Å². The second kappa shape index (κ2) is 7.96. The van der Waals surface area contributed by atoms with Crippen molar-refractivity contribution in [3.8, 4) is 0 Å². The van der Waals surface area contributed by atoms with Gasteiger partial charge in [-0.1, -0.05) is 0 Å². The van der Waals surface area contributed by atoms with E-state index in [2.05, 4.69) is 0 Å². The van der Waals surface area contributed by atoms with Gasteiger partial charge in [0.1, 0.15) is 5.54 Å². The van der Waals surface area contributed by atoms with Gasteiger partial charge in [-0.3, -0.25) is 4.79 Å². The number of carbonyl (C=O) groups is 1. The Hall–Kier alpha value is -0.260. The van der Waals surface area contributed by atoms with E-state index in [9.17, 15) is 4.79 Å². The zero-order chi connectivity index (χ0) is 11.7. The minimum atomic E-state index is -0.881. The van der Waals surface area contributed by atoms with Gasteiger partial charge in [-0.05, 0) is 26.0 Å². The summed E-state index contributed by atoms with van der Waals surface area (Å²) in [6.07, 6.45) is 0.972. The van der Waals surface area contributed by atoms with Crippen molar-refractivity contribution in [1.82, 2.24) is 0 Å². The largest absolute Gasteiger partial charge is 0.465 e. The normalized spacial score (nSPS) is 14.7. The van der Waals surface area contributed by atoms with Gasteiger partial charge in [0.15, 0.2) is 0 Å². The molecule has 0 heterocycles. The summed E-state index contributed by atoms with van der Waals surface area (Å²) in [4.78, 5) is 11.4. The molecule has 0 rings (SSSR count). The zero-order valence-corrected chi connectivity index (χ0v) is 10.6. The van der Waals surface area contributed by atoms with Crippen LogP contribution in [0.5, 0.6) is 0 Å². The number of methoxy groups -OCH3 is 1. The predicted octanol–water partition coefficient (Wildman–Crippen LogP) is 1.04. The fourth-order valence-corrected chi connectivity index (χ4v) is 1.95. The highest BCUT2D eigenvalue weighted by atomic mass is 32.2. The molecule has 0 aromatic heterocycles. The van der Waals surface area contributed by atoms with Crippen LogP contribution in [-0.4, -0.2) is 43.3 Å². The molecular formula is C10H21NO3S. The lowest BCUT2D eigenvalue weighted by Gasteiger charge is -2.21. The number of nitrogens with two attached hydrogens (primary N) is 1. The van der Waals surface area contributed by atoms with E-state index in [4.69, 9.17) is 15.2 Å². The summed E-state index contributed by atoms with van der Waals surface area (Å²) in [6, 6.07) is 0. The van der Waals surface area contributed by atoms with Gasteiger partial charge in [0.25, 0.3) is 0 Å². The highest BCUT2D eigenvalue weighted by Crippen LogP contribution is 2.13. The Kier molecular flexibility index (Phi) is 7.82. The number of rotatable bonds is 8.